The SMILES string of the molecule is CC[C@H]1CCCC[C@@H](C)C(=O)C2=CC3[C@@H]4CCCC4CC[C@H]3[C@@H]2CC(=O)O1. The van der Waals surface area contributed by atoms with Gasteiger partial charge in [-0.25, -0.2) is 0 Å². The van der Waals surface area contributed by atoms with E-state index in [0.29, 0.717) is 24.0 Å². The van der Waals surface area contributed by atoms with Crippen LogP contribution in [-0.2, 0) is 14.3 Å². The van der Waals surface area contributed by atoms with Crippen LogP contribution in [0.1, 0.15) is 84.5 Å². The molecule has 0 bridgehead atoms. The third kappa shape index (κ3) is 3.76. The molecule has 1 saturated heterocycles. The van der Waals surface area contributed by atoms with E-state index in [2.05, 4.69) is 19.9 Å². The average Bonchev–Trinajstić information content (AvgIpc) is 3.27. The van der Waals surface area contributed by atoms with Crippen LogP contribution < -0.4 is 0 Å². The second-order valence-corrected chi connectivity index (χ2v) is 9.68. The summed E-state index contributed by atoms with van der Waals surface area (Å²) in [6.07, 6.45) is 14.2. The summed E-state index contributed by atoms with van der Waals surface area (Å²) in [6, 6.07) is 0. The standard InChI is InChI=1S/C24H36O3/c1-3-17-9-5-4-7-15(2)24(26)22-13-20-18-10-6-8-16(18)11-12-19(20)21(22)14-23(25)27-17/h13,15-21H,3-12,14H2,1-2H3/t15-,16?,17+,18-,19-,20?,21+/m1/s1. The van der Waals surface area contributed by atoms with Crippen molar-refractivity contribution < 1.29 is 14.3 Å². The fraction of sp³-hybridized carbons (Fsp3) is 0.833. The fourth-order valence-corrected chi connectivity index (χ4v) is 6.65. The number of carbonyl (C=O) groups excluding carboxylic acids is 2. The molecule has 0 N–H and O–H groups in total. The summed E-state index contributed by atoms with van der Waals surface area (Å²) in [5.41, 5.74) is 0.996. The zero-order valence-corrected chi connectivity index (χ0v) is 17.1. The summed E-state index contributed by atoms with van der Waals surface area (Å²) < 4.78 is 5.83. The van der Waals surface area contributed by atoms with Gasteiger partial charge in [-0.2, -0.15) is 0 Å². The Kier molecular flexibility index (Phi) is 5.75. The first-order valence-corrected chi connectivity index (χ1v) is 11.5. The smallest absolute Gasteiger partial charge is 0.306 e. The lowest BCUT2D eigenvalue weighted by Gasteiger charge is -2.38. The van der Waals surface area contributed by atoms with Gasteiger partial charge in [-0.15, -0.1) is 0 Å². The summed E-state index contributed by atoms with van der Waals surface area (Å²) in [7, 11) is 0. The lowest BCUT2D eigenvalue weighted by Crippen LogP contribution is -2.33. The van der Waals surface area contributed by atoms with E-state index < -0.39 is 0 Å². The number of ketones is 1. The predicted octanol–water partition coefficient (Wildman–Crippen LogP) is 5.48. The van der Waals surface area contributed by atoms with Crippen molar-refractivity contribution in [2.45, 2.75) is 90.6 Å². The van der Waals surface area contributed by atoms with Gasteiger partial charge < -0.3 is 4.74 Å². The molecule has 1 aliphatic heterocycles. The first-order valence-electron chi connectivity index (χ1n) is 11.5. The van der Waals surface area contributed by atoms with Gasteiger partial charge >= 0.3 is 5.97 Å². The summed E-state index contributed by atoms with van der Waals surface area (Å²) in [5, 5.41) is 0. The number of fused-ring (bicyclic) bond motifs is 5. The first-order chi connectivity index (χ1) is 13.1. The fourth-order valence-electron chi connectivity index (χ4n) is 6.65. The molecular formula is C24H36O3. The molecule has 0 aromatic rings. The van der Waals surface area contributed by atoms with Crippen molar-refractivity contribution in [1.82, 2.24) is 0 Å². The molecule has 27 heavy (non-hydrogen) atoms. The molecule has 3 fully saturated rings. The highest BCUT2D eigenvalue weighted by molar-refractivity contribution is 5.98. The maximum atomic E-state index is 13.3. The Morgan fingerprint density at radius 3 is 2.59 bits per heavy atom. The molecule has 4 rings (SSSR count). The van der Waals surface area contributed by atoms with Crippen molar-refractivity contribution in [3.05, 3.63) is 11.6 Å². The molecule has 2 saturated carbocycles. The van der Waals surface area contributed by atoms with Gasteiger partial charge in [-0.05, 0) is 74.2 Å². The number of carbonyl (C=O) groups is 2. The van der Waals surface area contributed by atoms with Crippen LogP contribution in [0.15, 0.2) is 11.6 Å². The molecule has 0 radical (unpaired) electrons. The molecule has 3 aliphatic carbocycles. The van der Waals surface area contributed by atoms with Crippen LogP contribution in [0.4, 0.5) is 0 Å². The Morgan fingerprint density at radius 2 is 1.78 bits per heavy atom. The first kappa shape index (κ1) is 19.2. The van der Waals surface area contributed by atoms with Crippen LogP contribution in [0.5, 0.6) is 0 Å². The summed E-state index contributed by atoms with van der Waals surface area (Å²) in [5.74, 6) is 3.07. The minimum atomic E-state index is -0.0760. The van der Waals surface area contributed by atoms with Crippen molar-refractivity contribution in [2.24, 2.45) is 35.5 Å². The number of hydrogen-bond acceptors (Lipinski definition) is 3. The third-order valence-corrected chi connectivity index (χ3v) is 8.15. The summed E-state index contributed by atoms with van der Waals surface area (Å²) in [4.78, 5) is 26.0. The van der Waals surface area contributed by atoms with Gasteiger partial charge in [0.15, 0.2) is 5.78 Å². The highest BCUT2D eigenvalue weighted by atomic mass is 16.5. The Hall–Kier alpha value is -1.12. The van der Waals surface area contributed by atoms with Crippen molar-refractivity contribution in [1.29, 1.82) is 0 Å². The van der Waals surface area contributed by atoms with Gasteiger partial charge in [0.05, 0.1) is 6.42 Å². The topological polar surface area (TPSA) is 43.4 Å². The molecule has 3 nitrogen and oxygen atoms in total. The number of rotatable bonds is 1. The Morgan fingerprint density at radius 1 is 0.963 bits per heavy atom. The Labute approximate surface area is 164 Å². The third-order valence-electron chi connectivity index (χ3n) is 8.15. The van der Waals surface area contributed by atoms with Crippen molar-refractivity contribution in [3.8, 4) is 0 Å². The second-order valence-electron chi connectivity index (χ2n) is 9.68. The van der Waals surface area contributed by atoms with Gasteiger partial charge in [0.1, 0.15) is 6.10 Å². The highest BCUT2D eigenvalue weighted by Gasteiger charge is 2.49. The molecule has 7 atom stereocenters. The minimum absolute atomic E-state index is 0.0538. The number of Topliss-reactive ketones (excluding diaryl/α,β-unsaturated/α-hetero) is 1. The van der Waals surface area contributed by atoms with Crippen molar-refractivity contribution in [3.63, 3.8) is 0 Å². The van der Waals surface area contributed by atoms with Gasteiger partial charge in [0, 0.05) is 11.8 Å². The maximum Gasteiger partial charge on any atom is 0.306 e. The zero-order valence-electron chi connectivity index (χ0n) is 17.1. The highest BCUT2D eigenvalue weighted by Crippen LogP contribution is 2.56. The van der Waals surface area contributed by atoms with E-state index in [9.17, 15) is 9.59 Å². The number of ether oxygens (including phenoxy) is 1. The molecule has 2 unspecified atom stereocenters. The molecule has 150 valence electrons. The van der Waals surface area contributed by atoms with Gasteiger partial charge in [0.25, 0.3) is 0 Å². The van der Waals surface area contributed by atoms with E-state index in [0.717, 1.165) is 49.5 Å². The van der Waals surface area contributed by atoms with Crippen LogP contribution in [0.2, 0.25) is 0 Å². The van der Waals surface area contributed by atoms with Crippen LogP contribution >= 0.6 is 0 Å². The van der Waals surface area contributed by atoms with E-state index in [1.807, 2.05) is 0 Å². The Bertz CT molecular complexity index is 607. The normalized spacial score (nSPS) is 42.9. The zero-order chi connectivity index (χ0) is 19.0. The van der Waals surface area contributed by atoms with E-state index in [1.54, 1.807) is 0 Å². The molecule has 1 heterocycles. The number of hydrogen-bond donors (Lipinski definition) is 0. The predicted molar refractivity (Wildman–Crippen MR) is 106 cm³/mol. The second kappa shape index (κ2) is 8.09. The number of cyclic esters (lactones) is 1. The summed E-state index contributed by atoms with van der Waals surface area (Å²) in [6.45, 7) is 4.20. The van der Waals surface area contributed by atoms with Crippen LogP contribution in [-0.4, -0.2) is 17.9 Å². The lowest BCUT2D eigenvalue weighted by molar-refractivity contribution is -0.151. The van der Waals surface area contributed by atoms with Crippen molar-refractivity contribution >= 4 is 11.8 Å². The molecule has 0 aromatic heterocycles. The van der Waals surface area contributed by atoms with Crippen LogP contribution in [0.3, 0.4) is 0 Å². The molecule has 3 heteroatoms. The summed E-state index contributed by atoms with van der Waals surface area (Å²) >= 11 is 0. The molecule has 0 amide bonds. The lowest BCUT2D eigenvalue weighted by atomic mass is 9.66. The largest absolute Gasteiger partial charge is 0.462 e. The number of allylic oxidation sites excluding steroid dienone is 2. The minimum Gasteiger partial charge on any atom is -0.462 e. The quantitative estimate of drug-likeness (QED) is 0.573. The van der Waals surface area contributed by atoms with Crippen LogP contribution in [0.25, 0.3) is 0 Å². The number of esters is 1. The molecule has 4 aliphatic rings. The van der Waals surface area contributed by atoms with Gasteiger partial charge in [-0.1, -0.05) is 39.2 Å². The van der Waals surface area contributed by atoms with Gasteiger partial charge in [0.2, 0.25) is 0 Å². The van der Waals surface area contributed by atoms with E-state index in [-0.39, 0.29) is 23.9 Å². The van der Waals surface area contributed by atoms with E-state index >= 15 is 0 Å². The Balaban J connectivity index is 1.61. The maximum absolute atomic E-state index is 13.3. The average molecular weight is 373 g/mol. The van der Waals surface area contributed by atoms with Crippen molar-refractivity contribution in [2.75, 3.05) is 0 Å². The van der Waals surface area contributed by atoms with E-state index in [4.69, 9.17) is 4.74 Å². The molecule has 0 spiro atoms. The van der Waals surface area contributed by atoms with Gasteiger partial charge in [-0.3, -0.25) is 9.59 Å². The molecular weight excluding hydrogens is 336 g/mol. The molecule has 0 aromatic carbocycles. The van der Waals surface area contributed by atoms with Crippen LogP contribution in [0, 0.1) is 35.5 Å². The van der Waals surface area contributed by atoms with E-state index in [1.165, 1.54) is 32.1 Å². The monoisotopic (exact) mass is 372 g/mol.